The molecule has 2 aliphatic rings. The minimum absolute atomic E-state index is 0.434. The smallest absolute Gasteiger partial charge is 0.327 e. The van der Waals surface area contributed by atoms with Gasteiger partial charge in [0.1, 0.15) is 6.04 Å². The Bertz CT molecular complexity index is 444. The predicted octanol–water partition coefficient (Wildman–Crippen LogP) is -0.445. The zero-order valence-corrected chi connectivity index (χ0v) is 9.91. The fourth-order valence-corrected chi connectivity index (χ4v) is 2.73. The van der Waals surface area contributed by atoms with Gasteiger partial charge in [0, 0.05) is 0 Å². The minimum Gasteiger partial charge on any atom is -0.481 e. The summed E-state index contributed by atoms with van der Waals surface area (Å²) in [6, 6.07) is -1.61. The van der Waals surface area contributed by atoms with Crippen LogP contribution in [0, 0.1) is 17.3 Å². The minimum atomic E-state index is -1.61. The second-order valence-electron chi connectivity index (χ2n) is 5.28. The van der Waals surface area contributed by atoms with E-state index in [0.717, 1.165) is 0 Å². The van der Waals surface area contributed by atoms with Crippen LogP contribution in [0.3, 0.4) is 0 Å². The van der Waals surface area contributed by atoms with E-state index in [1.165, 1.54) is 0 Å². The second-order valence-corrected chi connectivity index (χ2v) is 5.28. The van der Waals surface area contributed by atoms with Crippen LogP contribution < -0.4 is 0 Å². The first-order valence-electron chi connectivity index (χ1n) is 5.51. The van der Waals surface area contributed by atoms with Crippen LogP contribution in [0.25, 0.3) is 0 Å². The van der Waals surface area contributed by atoms with Crippen molar-refractivity contribution in [3.63, 3.8) is 0 Å². The molecule has 1 saturated carbocycles. The maximum absolute atomic E-state index is 11.9. The summed E-state index contributed by atoms with van der Waals surface area (Å²) >= 11 is 0. The molecule has 1 heterocycles. The van der Waals surface area contributed by atoms with Crippen molar-refractivity contribution in [2.75, 3.05) is 0 Å². The van der Waals surface area contributed by atoms with Gasteiger partial charge in [0.25, 0.3) is 0 Å². The van der Waals surface area contributed by atoms with Gasteiger partial charge in [0.05, 0.1) is 18.3 Å². The molecule has 1 saturated heterocycles. The molecule has 2 N–H and O–H groups in total. The fraction of sp³-hybridized carbons (Fsp3) is 0.636. The van der Waals surface area contributed by atoms with Crippen LogP contribution in [0.4, 0.5) is 0 Å². The maximum atomic E-state index is 11.9. The van der Waals surface area contributed by atoms with Crippen LogP contribution in [-0.4, -0.2) is 44.9 Å². The number of hydrogen-bond acceptors (Lipinski definition) is 4. The molecule has 1 aliphatic carbocycles. The molecular formula is C11H13NO6. The highest BCUT2D eigenvalue weighted by Gasteiger charge is 2.73. The molecule has 0 spiro atoms. The molecule has 7 nitrogen and oxygen atoms in total. The van der Waals surface area contributed by atoms with E-state index in [-0.39, 0.29) is 0 Å². The average Bonchev–Trinajstić information content (AvgIpc) is 2.66. The summed E-state index contributed by atoms with van der Waals surface area (Å²) in [5, 5.41) is 17.6. The van der Waals surface area contributed by atoms with Gasteiger partial charge in [0.2, 0.25) is 11.8 Å². The van der Waals surface area contributed by atoms with E-state index in [4.69, 9.17) is 10.2 Å². The summed E-state index contributed by atoms with van der Waals surface area (Å²) in [7, 11) is 0. The van der Waals surface area contributed by atoms with Gasteiger partial charge in [-0.25, -0.2) is 4.79 Å². The number of rotatable bonds is 4. The Kier molecular flexibility index (Phi) is 2.46. The Morgan fingerprint density at radius 2 is 1.67 bits per heavy atom. The zero-order chi connectivity index (χ0) is 13.8. The van der Waals surface area contributed by atoms with Crippen LogP contribution >= 0.6 is 0 Å². The monoisotopic (exact) mass is 255 g/mol. The number of likely N-dealkylation sites (tertiary alicyclic amines) is 1. The van der Waals surface area contributed by atoms with Crippen molar-refractivity contribution >= 4 is 23.8 Å². The Morgan fingerprint density at radius 3 is 2.00 bits per heavy atom. The van der Waals surface area contributed by atoms with E-state index < -0.39 is 53.5 Å². The highest BCUT2D eigenvalue weighted by atomic mass is 16.4. The van der Waals surface area contributed by atoms with Gasteiger partial charge < -0.3 is 10.2 Å². The first-order valence-corrected chi connectivity index (χ1v) is 5.51. The number of carboxylic acid groups (broad SMARTS) is 2. The summed E-state index contributed by atoms with van der Waals surface area (Å²) in [4.78, 5) is 46.1. The van der Waals surface area contributed by atoms with Crippen molar-refractivity contribution in [3.8, 4) is 0 Å². The molecule has 0 aromatic heterocycles. The lowest BCUT2D eigenvalue weighted by molar-refractivity contribution is -0.159. The SMILES string of the molecule is CC1(C)C2C(=O)N(C(CC(=O)O)C(=O)O)C(=O)C21. The standard InChI is InChI=1S/C11H13NO6/c1-11(2)6-7(11)9(16)12(8(6)15)4(10(17)18)3-5(13)14/h4,6-7H,3H2,1-2H3,(H,13,14)(H,17,18). The molecule has 3 unspecified atom stereocenters. The van der Waals surface area contributed by atoms with E-state index >= 15 is 0 Å². The largest absolute Gasteiger partial charge is 0.481 e. The molecule has 2 rings (SSSR count). The van der Waals surface area contributed by atoms with Gasteiger partial charge in [-0.15, -0.1) is 0 Å². The quantitative estimate of drug-likeness (QED) is 0.658. The molecule has 7 heteroatoms. The zero-order valence-electron chi connectivity index (χ0n) is 9.91. The van der Waals surface area contributed by atoms with Crippen LogP contribution in [-0.2, 0) is 19.2 Å². The lowest BCUT2D eigenvalue weighted by Crippen LogP contribution is -2.48. The van der Waals surface area contributed by atoms with E-state index in [0.29, 0.717) is 4.90 Å². The predicted molar refractivity (Wildman–Crippen MR) is 56.3 cm³/mol. The molecule has 1 aliphatic heterocycles. The van der Waals surface area contributed by atoms with Gasteiger partial charge in [-0.3, -0.25) is 19.3 Å². The highest BCUT2D eigenvalue weighted by molar-refractivity contribution is 6.12. The van der Waals surface area contributed by atoms with E-state index in [2.05, 4.69) is 0 Å². The number of fused-ring (bicyclic) bond motifs is 1. The fourth-order valence-electron chi connectivity index (χ4n) is 2.73. The Balaban J connectivity index is 2.25. The molecule has 0 bridgehead atoms. The van der Waals surface area contributed by atoms with E-state index in [9.17, 15) is 19.2 Å². The molecule has 2 fully saturated rings. The summed E-state index contributed by atoms with van der Waals surface area (Å²) in [5.41, 5.74) is -0.434. The number of piperidine rings is 1. The summed E-state index contributed by atoms with van der Waals surface area (Å²) < 4.78 is 0. The Morgan fingerprint density at radius 1 is 1.22 bits per heavy atom. The highest BCUT2D eigenvalue weighted by Crippen LogP contribution is 2.63. The third-order valence-corrected chi connectivity index (χ3v) is 3.80. The number of amides is 2. The third kappa shape index (κ3) is 1.50. The Labute approximate surface area is 102 Å². The summed E-state index contributed by atoms with van der Waals surface area (Å²) in [5.74, 6) is -4.96. The van der Waals surface area contributed by atoms with Crippen molar-refractivity contribution in [2.45, 2.75) is 26.3 Å². The Hall–Kier alpha value is -1.92. The van der Waals surface area contributed by atoms with Crippen molar-refractivity contribution in [3.05, 3.63) is 0 Å². The first-order chi connectivity index (χ1) is 8.19. The normalized spacial score (nSPS) is 30.0. The molecule has 0 radical (unpaired) electrons. The van der Waals surface area contributed by atoms with Crippen molar-refractivity contribution < 1.29 is 29.4 Å². The number of nitrogens with zero attached hydrogens (tertiary/aromatic N) is 1. The molecule has 98 valence electrons. The van der Waals surface area contributed by atoms with Gasteiger partial charge in [0.15, 0.2) is 0 Å². The number of imide groups is 1. The van der Waals surface area contributed by atoms with Crippen molar-refractivity contribution in [2.24, 2.45) is 17.3 Å². The molecule has 0 aromatic rings. The number of aliphatic carboxylic acids is 2. The molecule has 0 aromatic carbocycles. The lowest BCUT2D eigenvalue weighted by Gasteiger charge is -2.25. The molecule has 2 amide bonds. The van der Waals surface area contributed by atoms with Crippen LogP contribution in [0.2, 0.25) is 0 Å². The van der Waals surface area contributed by atoms with Gasteiger partial charge >= 0.3 is 11.9 Å². The topological polar surface area (TPSA) is 112 Å². The second kappa shape index (κ2) is 3.54. The van der Waals surface area contributed by atoms with Crippen molar-refractivity contribution in [1.29, 1.82) is 0 Å². The molecule has 18 heavy (non-hydrogen) atoms. The first kappa shape index (κ1) is 12.5. The number of carbonyl (C=O) groups excluding carboxylic acids is 2. The number of carboxylic acids is 2. The third-order valence-electron chi connectivity index (χ3n) is 3.80. The van der Waals surface area contributed by atoms with Gasteiger partial charge in [-0.2, -0.15) is 0 Å². The summed E-state index contributed by atoms with van der Waals surface area (Å²) in [6.45, 7) is 3.53. The van der Waals surface area contributed by atoms with Crippen LogP contribution in [0.1, 0.15) is 20.3 Å². The van der Waals surface area contributed by atoms with Crippen LogP contribution in [0.15, 0.2) is 0 Å². The molecule has 3 atom stereocenters. The van der Waals surface area contributed by atoms with Crippen LogP contribution in [0.5, 0.6) is 0 Å². The summed E-state index contributed by atoms with van der Waals surface area (Å²) in [6.07, 6.45) is -0.771. The number of carbonyl (C=O) groups is 4. The molecular weight excluding hydrogens is 242 g/mol. The number of hydrogen-bond donors (Lipinski definition) is 2. The van der Waals surface area contributed by atoms with E-state index in [1.807, 2.05) is 0 Å². The lowest BCUT2D eigenvalue weighted by atomic mass is 10.0. The van der Waals surface area contributed by atoms with Crippen molar-refractivity contribution in [1.82, 2.24) is 4.90 Å². The average molecular weight is 255 g/mol. The maximum Gasteiger partial charge on any atom is 0.327 e. The van der Waals surface area contributed by atoms with Gasteiger partial charge in [-0.05, 0) is 5.41 Å². The van der Waals surface area contributed by atoms with Gasteiger partial charge in [-0.1, -0.05) is 13.8 Å². The van der Waals surface area contributed by atoms with E-state index in [1.54, 1.807) is 13.8 Å².